The van der Waals surface area contributed by atoms with Crippen molar-refractivity contribution in [3.8, 4) is 0 Å². The van der Waals surface area contributed by atoms with E-state index in [9.17, 15) is 0 Å². The maximum absolute atomic E-state index is 5.34. The van der Waals surface area contributed by atoms with E-state index < -0.39 is 0 Å². The minimum atomic E-state index is 0.495. The maximum Gasteiger partial charge on any atom is 0.117 e. The summed E-state index contributed by atoms with van der Waals surface area (Å²) in [6.45, 7) is 8.70. The molecule has 0 aromatic carbocycles. The molecule has 0 saturated heterocycles. The quantitative estimate of drug-likeness (QED) is 0.702. The van der Waals surface area contributed by atoms with E-state index in [0.717, 1.165) is 11.5 Å². The van der Waals surface area contributed by atoms with Crippen LogP contribution in [0.15, 0.2) is 10.5 Å². The van der Waals surface area contributed by atoms with Gasteiger partial charge in [0.25, 0.3) is 0 Å². The van der Waals surface area contributed by atoms with Crippen LogP contribution in [0.2, 0.25) is 0 Å². The number of hydrogen-bond donors (Lipinski definition) is 1. The zero-order chi connectivity index (χ0) is 9.56. The van der Waals surface area contributed by atoms with Gasteiger partial charge in [-0.25, -0.2) is 0 Å². The molecule has 1 heterocycles. The average Bonchev–Trinajstić information content (AvgIpc) is 2.33. The third kappa shape index (κ3) is 3.58. The molecule has 2 N–H and O–H groups in total. The predicted molar refractivity (Wildman–Crippen MR) is 52.0 cm³/mol. The summed E-state index contributed by atoms with van der Waals surface area (Å²) in [6.07, 6.45) is 1.25. The molecule has 2 heteroatoms. The van der Waals surface area contributed by atoms with Crippen LogP contribution in [-0.4, -0.2) is 0 Å². The highest BCUT2D eigenvalue weighted by Crippen LogP contribution is 2.11. The molecule has 70 valence electrons. The van der Waals surface area contributed by atoms with Gasteiger partial charge in [0, 0.05) is 0 Å². The molecule has 0 saturated carbocycles. The van der Waals surface area contributed by atoms with Crippen LogP contribution >= 0.6 is 0 Å². The summed E-state index contributed by atoms with van der Waals surface area (Å²) in [5, 5.41) is 0. The SMILES string of the molecule is CCC.Cc1cc(CN)oc1C. The molecule has 1 rings (SSSR count). The molecular weight excluding hydrogens is 150 g/mol. The normalized spacial score (nSPS) is 9.08. The lowest BCUT2D eigenvalue weighted by Gasteiger charge is -1.84. The Labute approximate surface area is 74.8 Å². The van der Waals surface area contributed by atoms with Crippen LogP contribution in [0.3, 0.4) is 0 Å². The van der Waals surface area contributed by atoms with Gasteiger partial charge in [-0.15, -0.1) is 0 Å². The van der Waals surface area contributed by atoms with Crippen LogP contribution in [0.4, 0.5) is 0 Å². The molecule has 1 aromatic rings. The Bertz CT molecular complexity index is 196. The monoisotopic (exact) mass is 169 g/mol. The molecule has 0 fully saturated rings. The second-order valence-corrected chi connectivity index (χ2v) is 2.86. The van der Waals surface area contributed by atoms with Crippen molar-refractivity contribution < 1.29 is 4.42 Å². The number of hydrogen-bond acceptors (Lipinski definition) is 2. The second kappa shape index (κ2) is 5.84. The summed E-state index contributed by atoms with van der Waals surface area (Å²) >= 11 is 0. The molecule has 0 unspecified atom stereocenters. The van der Waals surface area contributed by atoms with Crippen LogP contribution in [0.1, 0.15) is 37.4 Å². The standard InChI is InChI=1S/C7H11NO.C3H8/c1-5-3-7(4-8)9-6(5)2;1-3-2/h3H,4,8H2,1-2H3;3H2,1-2H3. The Morgan fingerprint density at radius 2 is 1.83 bits per heavy atom. The summed E-state index contributed by atoms with van der Waals surface area (Å²) < 4.78 is 5.24. The maximum atomic E-state index is 5.34. The number of aryl methyl sites for hydroxylation is 2. The number of furan rings is 1. The molecule has 0 atom stereocenters. The van der Waals surface area contributed by atoms with Crippen molar-refractivity contribution in [3.05, 3.63) is 23.2 Å². The van der Waals surface area contributed by atoms with Gasteiger partial charge < -0.3 is 10.2 Å². The van der Waals surface area contributed by atoms with Crippen molar-refractivity contribution in [2.24, 2.45) is 5.73 Å². The van der Waals surface area contributed by atoms with E-state index in [-0.39, 0.29) is 0 Å². The molecule has 0 aliphatic heterocycles. The Morgan fingerprint density at radius 1 is 1.33 bits per heavy atom. The van der Waals surface area contributed by atoms with Gasteiger partial charge in [0.15, 0.2) is 0 Å². The third-order valence-corrected chi connectivity index (χ3v) is 1.42. The minimum Gasteiger partial charge on any atom is -0.465 e. The van der Waals surface area contributed by atoms with E-state index in [2.05, 4.69) is 13.8 Å². The first-order valence-corrected chi connectivity index (χ1v) is 4.41. The van der Waals surface area contributed by atoms with Crippen molar-refractivity contribution in [2.45, 2.75) is 40.7 Å². The zero-order valence-electron chi connectivity index (χ0n) is 8.48. The lowest BCUT2D eigenvalue weighted by molar-refractivity contribution is 0.484. The molecule has 2 nitrogen and oxygen atoms in total. The lowest BCUT2D eigenvalue weighted by Crippen LogP contribution is -1.92. The summed E-state index contributed by atoms with van der Waals surface area (Å²) in [4.78, 5) is 0. The highest BCUT2D eigenvalue weighted by atomic mass is 16.3. The second-order valence-electron chi connectivity index (χ2n) is 2.86. The average molecular weight is 169 g/mol. The number of rotatable bonds is 1. The van der Waals surface area contributed by atoms with Crippen LogP contribution in [0, 0.1) is 13.8 Å². The van der Waals surface area contributed by atoms with Gasteiger partial charge in [0.05, 0.1) is 6.54 Å². The Morgan fingerprint density at radius 3 is 2.00 bits per heavy atom. The van der Waals surface area contributed by atoms with E-state index >= 15 is 0 Å². The Kier molecular flexibility index (Phi) is 5.47. The summed E-state index contributed by atoms with van der Waals surface area (Å²) in [7, 11) is 0. The van der Waals surface area contributed by atoms with Gasteiger partial charge in [0.1, 0.15) is 11.5 Å². The fraction of sp³-hybridized carbons (Fsp3) is 0.600. The highest BCUT2D eigenvalue weighted by molar-refractivity contribution is 5.18. The van der Waals surface area contributed by atoms with Gasteiger partial charge in [-0.3, -0.25) is 0 Å². The van der Waals surface area contributed by atoms with Gasteiger partial charge >= 0.3 is 0 Å². The van der Waals surface area contributed by atoms with Crippen LogP contribution < -0.4 is 5.73 Å². The summed E-state index contributed by atoms with van der Waals surface area (Å²) in [5.74, 6) is 1.83. The van der Waals surface area contributed by atoms with E-state index in [1.54, 1.807) is 0 Å². The molecule has 12 heavy (non-hydrogen) atoms. The summed E-state index contributed by atoms with van der Waals surface area (Å²) in [6, 6.07) is 1.97. The van der Waals surface area contributed by atoms with Crippen LogP contribution in [0.25, 0.3) is 0 Å². The van der Waals surface area contributed by atoms with Crippen LogP contribution in [0.5, 0.6) is 0 Å². The van der Waals surface area contributed by atoms with E-state index in [0.29, 0.717) is 6.54 Å². The van der Waals surface area contributed by atoms with Gasteiger partial charge in [-0.05, 0) is 25.5 Å². The fourth-order valence-corrected chi connectivity index (χ4v) is 0.750. The van der Waals surface area contributed by atoms with E-state index in [4.69, 9.17) is 10.2 Å². The van der Waals surface area contributed by atoms with Gasteiger partial charge in [0.2, 0.25) is 0 Å². The van der Waals surface area contributed by atoms with E-state index in [1.165, 1.54) is 12.0 Å². The first-order valence-electron chi connectivity index (χ1n) is 4.41. The number of nitrogens with two attached hydrogens (primary N) is 1. The first kappa shape index (κ1) is 11.2. The Hall–Kier alpha value is -0.760. The van der Waals surface area contributed by atoms with Crippen LogP contribution in [-0.2, 0) is 6.54 Å². The molecule has 0 radical (unpaired) electrons. The molecular formula is C10H19NO. The van der Waals surface area contributed by atoms with Crippen molar-refractivity contribution in [2.75, 3.05) is 0 Å². The molecule has 0 amide bonds. The predicted octanol–water partition coefficient (Wildman–Crippen LogP) is 2.77. The largest absolute Gasteiger partial charge is 0.465 e. The van der Waals surface area contributed by atoms with E-state index in [1.807, 2.05) is 19.9 Å². The molecule has 1 aromatic heterocycles. The summed E-state index contributed by atoms with van der Waals surface area (Å²) in [5.41, 5.74) is 6.51. The van der Waals surface area contributed by atoms with Crippen molar-refractivity contribution in [3.63, 3.8) is 0 Å². The molecule has 0 aliphatic carbocycles. The topological polar surface area (TPSA) is 39.2 Å². The van der Waals surface area contributed by atoms with Gasteiger partial charge in [-0.1, -0.05) is 20.3 Å². The fourth-order valence-electron chi connectivity index (χ4n) is 0.750. The van der Waals surface area contributed by atoms with Gasteiger partial charge in [-0.2, -0.15) is 0 Å². The highest BCUT2D eigenvalue weighted by Gasteiger charge is 1.98. The zero-order valence-corrected chi connectivity index (χ0v) is 8.48. The third-order valence-electron chi connectivity index (χ3n) is 1.42. The lowest BCUT2D eigenvalue weighted by atomic mass is 10.3. The Balaban J connectivity index is 0.000000354. The minimum absolute atomic E-state index is 0.495. The van der Waals surface area contributed by atoms with Crippen molar-refractivity contribution in [1.82, 2.24) is 0 Å². The molecule has 0 bridgehead atoms. The molecule has 0 aliphatic rings. The van der Waals surface area contributed by atoms with Crippen molar-refractivity contribution in [1.29, 1.82) is 0 Å². The molecule has 0 spiro atoms. The first-order chi connectivity index (χ1) is 5.65. The van der Waals surface area contributed by atoms with Crippen molar-refractivity contribution >= 4 is 0 Å². The smallest absolute Gasteiger partial charge is 0.117 e.